The number of amides is 1. The molecule has 0 aromatic carbocycles. The molecule has 0 fully saturated rings. The van der Waals surface area contributed by atoms with Crippen molar-refractivity contribution in [3.05, 3.63) is 60.8 Å². The number of ether oxygens (including phenoxy) is 1. The van der Waals surface area contributed by atoms with Gasteiger partial charge in [0.1, 0.15) is 12.7 Å². The summed E-state index contributed by atoms with van der Waals surface area (Å²) in [6.45, 7) is 2.51. The van der Waals surface area contributed by atoms with E-state index in [1.165, 1.54) is 77.0 Å². The standard InChI is InChI=1S/C49H86NO10P/c1-3-5-7-9-11-13-15-17-19-20-21-22-23-24-25-26-27-29-31-33-35-37-39-41-48(53)58-42-45(51)43-59-61(56,57)60-44-46(49(54)55)50-47(52)40-38-36-34-32-30-28-18-16-14-12-10-8-6-4-2/h10-13,16-19,21-22,45-46,51H,3-9,14-15,20,23-44H2,1-2H3,(H,50,52)(H,54,55)(H,56,57)/b12-10-,13-11-,18-16-,19-17-,22-21-. The zero-order chi connectivity index (χ0) is 44.9. The lowest BCUT2D eigenvalue weighted by Gasteiger charge is -2.18. The number of phosphoric ester groups is 1. The summed E-state index contributed by atoms with van der Waals surface area (Å²) in [5, 5.41) is 21.8. The fourth-order valence-electron chi connectivity index (χ4n) is 6.28. The number of carboxylic acids is 1. The topological polar surface area (TPSA) is 169 Å². The Kier molecular flexibility index (Phi) is 41.8. The van der Waals surface area contributed by atoms with Crippen LogP contribution < -0.4 is 5.32 Å². The molecule has 0 saturated heterocycles. The van der Waals surface area contributed by atoms with Gasteiger partial charge in [-0.15, -0.1) is 0 Å². The second kappa shape index (κ2) is 43.8. The number of esters is 1. The number of rotatable bonds is 44. The highest BCUT2D eigenvalue weighted by atomic mass is 31.2. The summed E-state index contributed by atoms with van der Waals surface area (Å²) in [5.41, 5.74) is 0. The van der Waals surface area contributed by atoms with Crippen LogP contribution in [0.15, 0.2) is 60.8 Å². The Hall–Kier alpha value is -2.82. The molecule has 3 unspecified atom stereocenters. The van der Waals surface area contributed by atoms with Gasteiger partial charge in [-0.2, -0.15) is 0 Å². The molecule has 0 aliphatic rings. The third-order valence-electron chi connectivity index (χ3n) is 10.0. The predicted molar refractivity (Wildman–Crippen MR) is 249 cm³/mol. The maximum absolute atomic E-state index is 12.3. The molecule has 12 heteroatoms. The lowest BCUT2D eigenvalue weighted by atomic mass is 10.1. The lowest BCUT2D eigenvalue weighted by Crippen LogP contribution is -2.43. The monoisotopic (exact) mass is 880 g/mol. The molecule has 11 nitrogen and oxygen atoms in total. The van der Waals surface area contributed by atoms with E-state index < -0.39 is 57.6 Å². The zero-order valence-electron chi connectivity index (χ0n) is 38.2. The number of aliphatic hydroxyl groups excluding tert-OH is 1. The minimum atomic E-state index is -4.76. The van der Waals surface area contributed by atoms with Gasteiger partial charge in [-0.25, -0.2) is 9.36 Å². The van der Waals surface area contributed by atoms with E-state index in [9.17, 15) is 34.1 Å². The third kappa shape index (κ3) is 43.6. The molecule has 0 aliphatic heterocycles. The van der Waals surface area contributed by atoms with Gasteiger partial charge in [0, 0.05) is 12.8 Å². The Morgan fingerprint density at radius 2 is 0.918 bits per heavy atom. The number of carboxylic acid groups (broad SMARTS) is 1. The molecule has 0 aromatic heterocycles. The molecular formula is C49H86NO10P. The van der Waals surface area contributed by atoms with E-state index in [2.05, 4.69) is 79.9 Å². The maximum Gasteiger partial charge on any atom is 0.472 e. The summed E-state index contributed by atoms with van der Waals surface area (Å²) in [5.74, 6) is -2.40. The van der Waals surface area contributed by atoms with E-state index in [1.807, 2.05) is 0 Å². The second-order valence-electron chi connectivity index (χ2n) is 15.9. The molecule has 0 saturated carbocycles. The van der Waals surface area contributed by atoms with E-state index in [0.717, 1.165) is 83.5 Å². The second-order valence-corrected chi connectivity index (χ2v) is 17.4. The molecule has 1 amide bonds. The van der Waals surface area contributed by atoms with E-state index in [-0.39, 0.29) is 12.8 Å². The smallest absolute Gasteiger partial charge is 0.472 e. The first kappa shape index (κ1) is 58.2. The Balaban J connectivity index is 3.85. The van der Waals surface area contributed by atoms with Gasteiger partial charge in [-0.1, -0.05) is 171 Å². The first-order valence-corrected chi connectivity index (χ1v) is 25.3. The molecule has 3 atom stereocenters. The van der Waals surface area contributed by atoms with Crippen molar-refractivity contribution in [2.24, 2.45) is 0 Å². The van der Waals surface area contributed by atoms with Gasteiger partial charge in [-0.05, 0) is 77.0 Å². The summed E-state index contributed by atoms with van der Waals surface area (Å²) in [7, 11) is -4.76. The van der Waals surface area contributed by atoms with E-state index in [0.29, 0.717) is 12.8 Å². The molecule has 61 heavy (non-hydrogen) atoms. The van der Waals surface area contributed by atoms with Crippen molar-refractivity contribution in [2.45, 2.75) is 212 Å². The highest BCUT2D eigenvalue weighted by Gasteiger charge is 2.28. The number of aliphatic hydroxyl groups is 1. The van der Waals surface area contributed by atoms with Crippen molar-refractivity contribution in [1.82, 2.24) is 5.32 Å². The van der Waals surface area contributed by atoms with Crippen molar-refractivity contribution >= 4 is 25.7 Å². The average molecular weight is 880 g/mol. The van der Waals surface area contributed by atoms with Gasteiger partial charge in [0.25, 0.3) is 0 Å². The van der Waals surface area contributed by atoms with Gasteiger partial charge in [0.05, 0.1) is 13.2 Å². The summed E-state index contributed by atoms with van der Waals surface area (Å²) in [6.07, 6.45) is 51.0. The lowest BCUT2D eigenvalue weighted by molar-refractivity contribution is -0.147. The van der Waals surface area contributed by atoms with Crippen molar-refractivity contribution in [3.8, 4) is 0 Å². The van der Waals surface area contributed by atoms with Crippen molar-refractivity contribution < 1.29 is 47.8 Å². The number of nitrogens with one attached hydrogen (secondary N) is 1. The van der Waals surface area contributed by atoms with Crippen LogP contribution in [0.2, 0.25) is 0 Å². The number of aliphatic carboxylic acids is 1. The summed E-state index contributed by atoms with van der Waals surface area (Å²) in [6, 6.07) is -1.56. The van der Waals surface area contributed by atoms with Crippen LogP contribution >= 0.6 is 7.82 Å². The SMILES string of the molecule is CCCC/C=C\C/C=C\CCCCCCCC(=O)NC(COP(=O)(O)OCC(O)COC(=O)CCCCCCCCCCCC/C=C\C/C=C\C/C=C\CCCCC)C(=O)O. The summed E-state index contributed by atoms with van der Waals surface area (Å²) in [4.78, 5) is 46.0. The van der Waals surface area contributed by atoms with Crippen LogP contribution in [0.25, 0.3) is 0 Å². The van der Waals surface area contributed by atoms with Gasteiger partial charge in [0.15, 0.2) is 6.04 Å². The van der Waals surface area contributed by atoms with Gasteiger partial charge < -0.3 is 25.2 Å². The molecular weight excluding hydrogens is 794 g/mol. The molecule has 0 aliphatic carbocycles. The van der Waals surface area contributed by atoms with Gasteiger partial charge >= 0.3 is 19.8 Å². The van der Waals surface area contributed by atoms with Gasteiger partial charge in [0.2, 0.25) is 5.91 Å². The number of phosphoric acid groups is 1. The van der Waals surface area contributed by atoms with Crippen LogP contribution in [0.3, 0.4) is 0 Å². The molecule has 0 spiro atoms. The summed E-state index contributed by atoms with van der Waals surface area (Å²) < 4.78 is 26.9. The Morgan fingerprint density at radius 3 is 1.39 bits per heavy atom. The van der Waals surface area contributed by atoms with Crippen LogP contribution in [0.4, 0.5) is 0 Å². The minimum absolute atomic E-state index is 0.127. The van der Waals surface area contributed by atoms with Crippen LogP contribution in [-0.2, 0) is 32.7 Å². The van der Waals surface area contributed by atoms with Crippen LogP contribution in [0, 0.1) is 0 Å². The summed E-state index contributed by atoms with van der Waals surface area (Å²) >= 11 is 0. The van der Waals surface area contributed by atoms with Crippen LogP contribution in [0.5, 0.6) is 0 Å². The number of hydrogen-bond acceptors (Lipinski definition) is 8. The Bertz CT molecular complexity index is 1260. The maximum atomic E-state index is 12.3. The number of unbranched alkanes of at least 4 members (excludes halogenated alkanes) is 20. The molecule has 4 N–H and O–H groups in total. The fraction of sp³-hybridized carbons (Fsp3) is 0.735. The van der Waals surface area contributed by atoms with Gasteiger partial charge in [-0.3, -0.25) is 18.6 Å². The molecule has 0 heterocycles. The number of carbonyl (C=O) groups is 3. The third-order valence-corrected chi connectivity index (χ3v) is 11.0. The highest BCUT2D eigenvalue weighted by Crippen LogP contribution is 2.43. The van der Waals surface area contributed by atoms with E-state index in [4.69, 9.17) is 13.8 Å². The average Bonchev–Trinajstić information content (AvgIpc) is 3.24. The predicted octanol–water partition coefficient (Wildman–Crippen LogP) is 12.7. The number of allylic oxidation sites excluding steroid dienone is 10. The highest BCUT2D eigenvalue weighted by molar-refractivity contribution is 7.47. The van der Waals surface area contributed by atoms with Crippen molar-refractivity contribution in [2.75, 3.05) is 19.8 Å². The van der Waals surface area contributed by atoms with Crippen molar-refractivity contribution in [1.29, 1.82) is 0 Å². The van der Waals surface area contributed by atoms with Crippen LogP contribution in [0.1, 0.15) is 200 Å². The van der Waals surface area contributed by atoms with Crippen molar-refractivity contribution in [3.63, 3.8) is 0 Å². The largest absolute Gasteiger partial charge is 0.480 e. The first-order chi connectivity index (χ1) is 29.6. The quantitative estimate of drug-likeness (QED) is 0.0200. The molecule has 0 radical (unpaired) electrons. The normalized spacial score (nSPS) is 14.2. The fourth-order valence-corrected chi connectivity index (χ4v) is 7.05. The zero-order valence-corrected chi connectivity index (χ0v) is 39.1. The Labute approximate surface area is 370 Å². The molecule has 352 valence electrons. The van der Waals surface area contributed by atoms with E-state index in [1.54, 1.807) is 0 Å². The first-order valence-electron chi connectivity index (χ1n) is 23.8. The molecule has 0 aromatic rings. The number of hydrogen-bond donors (Lipinski definition) is 4. The Morgan fingerprint density at radius 1 is 0.525 bits per heavy atom. The molecule has 0 bridgehead atoms. The minimum Gasteiger partial charge on any atom is -0.480 e. The van der Waals surface area contributed by atoms with Crippen LogP contribution in [-0.4, -0.2) is 64.9 Å². The number of carbonyl (C=O) groups excluding carboxylic acids is 2. The van der Waals surface area contributed by atoms with E-state index >= 15 is 0 Å². The molecule has 0 rings (SSSR count).